The van der Waals surface area contributed by atoms with Crippen molar-refractivity contribution in [1.29, 1.82) is 0 Å². The Morgan fingerprint density at radius 2 is 1.16 bits per heavy atom. The number of H-pyrrole nitrogens is 2. The van der Waals surface area contributed by atoms with Gasteiger partial charge in [-0.05, 0) is 60.8 Å². The number of methoxy groups -OCH3 is 2. The molecule has 0 bridgehead atoms. The first-order valence-electron chi connectivity index (χ1n) is 21.0. The molecule has 4 amide bonds. The Bertz CT molecular complexity index is 2350. The van der Waals surface area contributed by atoms with Gasteiger partial charge in [0, 0.05) is 54.8 Å². The normalized spacial score (nSPS) is 19.7. The molecule has 19 heteroatoms. The topological polar surface area (TPSA) is 184 Å². The SMILES string of the molecule is COCCOC(=O)N[C@H](C(=O)N1CCC[C@H]1c1nc(-c2ccc3c(c2)C(F)(F)C(F)(F)c2cc(-c4c[nH]c([C@@H]5CCCN5C(=O)[C@@H](NC(=O)OC)C(C)C)n4)ccc2-3)c[nH]1)C(C)C. The van der Waals surface area contributed by atoms with E-state index in [2.05, 4.69) is 30.6 Å². The molecular formula is C44H52F4N8O7. The number of carbonyl (C=O) groups is 4. The fourth-order valence-electron chi connectivity index (χ4n) is 8.63. The Balaban J connectivity index is 1.12. The predicted molar refractivity (Wildman–Crippen MR) is 221 cm³/mol. The lowest BCUT2D eigenvalue weighted by Gasteiger charge is -2.35. The number of ether oxygens (including phenoxy) is 3. The number of nitrogens with zero attached hydrogens (tertiary/aromatic N) is 4. The molecule has 3 aliphatic rings. The van der Waals surface area contributed by atoms with Gasteiger partial charge in [0.2, 0.25) is 11.8 Å². The second kappa shape index (κ2) is 18.0. The van der Waals surface area contributed by atoms with E-state index in [0.29, 0.717) is 50.4 Å². The van der Waals surface area contributed by atoms with Crippen molar-refractivity contribution in [2.24, 2.45) is 11.8 Å². The van der Waals surface area contributed by atoms with E-state index in [9.17, 15) is 19.2 Å². The van der Waals surface area contributed by atoms with Crippen molar-refractivity contribution in [2.45, 2.75) is 89.4 Å². The second-order valence-corrected chi connectivity index (χ2v) is 16.7. The third kappa shape index (κ3) is 8.58. The summed E-state index contributed by atoms with van der Waals surface area (Å²) in [4.78, 5) is 70.4. The summed E-state index contributed by atoms with van der Waals surface area (Å²) < 4.78 is 79.4. The maximum atomic E-state index is 16.2. The average molecular weight is 881 g/mol. The summed E-state index contributed by atoms with van der Waals surface area (Å²) in [5, 5.41) is 5.24. The number of carbonyl (C=O) groups excluding carboxylic acids is 4. The fourth-order valence-corrected chi connectivity index (χ4v) is 8.63. The number of fused-ring (bicyclic) bond motifs is 3. The third-order valence-electron chi connectivity index (χ3n) is 12.0. The van der Waals surface area contributed by atoms with Gasteiger partial charge in [0.25, 0.3) is 0 Å². The number of nitrogens with one attached hydrogen (secondary N) is 4. The van der Waals surface area contributed by atoms with Crippen molar-refractivity contribution in [2.75, 3.05) is 40.5 Å². The lowest BCUT2D eigenvalue weighted by molar-refractivity contribution is -0.225. The van der Waals surface area contributed by atoms with E-state index < -0.39 is 59.3 Å². The van der Waals surface area contributed by atoms with Crippen LogP contribution in [0.1, 0.15) is 88.2 Å². The molecule has 4 heterocycles. The number of benzene rings is 2. The summed E-state index contributed by atoms with van der Waals surface area (Å²) in [6.07, 6.45) is 3.89. The van der Waals surface area contributed by atoms with Crippen LogP contribution >= 0.6 is 0 Å². The van der Waals surface area contributed by atoms with E-state index in [1.807, 2.05) is 0 Å². The molecule has 15 nitrogen and oxygen atoms in total. The van der Waals surface area contributed by atoms with Gasteiger partial charge in [0.05, 0.1) is 37.2 Å². The van der Waals surface area contributed by atoms with Gasteiger partial charge in [0.1, 0.15) is 30.3 Å². The lowest BCUT2D eigenvalue weighted by Crippen LogP contribution is -2.51. The molecule has 0 unspecified atom stereocenters. The van der Waals surface area contributed by atoms with Crippen molar-refractivity contribution in [3.8, 4) is 33.6 Å². The minimum Gasteiger partial charge on any atom is -0.453 e. The van der Waals surface area contributed by atoms with E-state index >= 15 is 17.6 Å². The van der Waals surface area contributed by atoms with E-state index in [1.54, 1.807) is 49.6 Å². The van der Waals surface area contributed by atoms with Crippen LogP contribution in [0, 0.1) is 11.8 Å². The summed E-state index contributed by atoms with van der Waals surface area (Å²) in [7, 11) is 2.68. The number of hydrogen-bond donors (Lipinski definition) is 4. The van der Waals surface area contributed by atoms with Crippen LogP contribution in [-0.4, -0.2) is 106 Å². The molecule has 0 saturated carbocycles. The highest BCUT2D eigenvalue weighted by molar-refractivity contribution is 5.87. The monoisotopic (exact) mass is 880 g/mol. The molecule has 0 radical (unpaired) electrons. The van der Waals surface area contributed by atoms with Crippen molar-refractivity contribution < 1.29 is 51.0 Å². The molecule has 0 spiro atoms. The highest BCUT2D eigenvalue weighted by Crippen LogP contribution is 2.58. The molecule has 338 valence electrons. The first kappa shape index (κ1) is 45.1. The third-order valence-corrected chi connectivity index (χ3v) is 12.0. The first-order valence-corrected chi connectivity index (χ1v) is 21.0. The molecule has 2 aromatic heterocycles. The van der Waals surface area contributed by atoms with Gasteiger partial charge in [-0.15, -0.1) is 0 Å². The Morgan fingerprint density at radius 1 is 0.714 bits per heavy atom. The zero-order chi connectivity index (χ0) is 45.4. The maximum absolute atomic E-state index is 16.2. The Morgan fingerprint density at radius 3 is 1.57 bits per heavy atom. The van der Waals surface area contributed by atoms with Crippen molar-refractivity contribution in [3.05, 3.63) is 71.6 Å². The van der Waals surface area contributed by atoms with Gasteiger partial charge in [-0.1, -0.05) is 52.0 Å². The van der Waals surface area contributed by atoms with E-state index in [-0.39, 0.29) is 70.5 Å². The Hall–Kier alpha value is -5.98. The van der Waals surface area contributed by atoms with Crippen LogP contribution in [0.25, 0.3) is 33.6 Å². The van der Waals surface area contributed by atoms with Crippen molar-refractivity contribution in [1.82, 2.24) is 40.4 Å². The van der Waals surface area contributed by atoms with Crippen LogP contribution in [0.5, 0.6) is 0 Å². The first-order chi connectivity index (χ1) is 30.0. The van der Waals surface area contributed by atoms with Crippen molar-refractivity contribution in [3.63, 3.8) is 0 Å². The standard InChI is InChI=1S/C44H52F4N8O7/c1-23(2)35(53-41(59)62-6)39(57)55-15-7-9-33(55)37-49-21-31(51-37)25-11-13-27-28-14-12-26(20-30(28)44(47,48)43(45,46)29(27)19-25)32-22-50-38(52-32)34-10-8-16-56(34)40(58)36(24(3)4)54-42(60)63-18-17-61-5/h11-14,19-24,33-36H,7-10,15-18H2,1-6H3,(H,49,51)(H,50,52)(H,53,59)(H,54,60)/t33-,34-,35-,36-/m0/s1. The highest BCUT2D eigenvalue weighted by atomic mass is 19.3. The quantitative estimate of drug-likeness (QED) is 0.0784. The number of rotatable bonds is 13. The van der Waals surface area contributed by atoms with Crippen LogP contribution in [-0.2, 0) is 35.6 Å². The molecule has 4 aromatic rings. The van der Waals surface area contributed by atoms with Gasteiger partial charge in [-0.3, -0.25) is 9.59 Å². The van der Waals surface area contributed by atoms with Gasteiger partial charge in [-0.25, -0.2) is 19.6 Å². The molecule has 63 heavy (non-hydrogen) atoms. The summed E-state index contributed by atoms with van der Waals surface area (Å²) in [6.45, 7) is 8.19. The number of aromatic amines is 2. The van der Waals surface area contributed by atoms with E-state index in [1.165, 1.54) is 38.7 Å². The zero-order valence-electron chi connectivity index (χ0n) is 35.9. The van der Waals surface area contributed by atoms with Crippen molar-refractivity contribution >= 4 is 24.0 Å². The summed E-state index contributed by atoms with van der Waals surface area (Å²) in [6, 6.07) is 5.16. The number of amides is 4. The van der Waals surface area contributed by atoms with Gasteiger partial charge in [-0.2, -0.15) is 17.6 Å². The molecule has 2 fully saturated rings. The Labute approximate surface area is 361 Å². The van der Waals surface area contributed by atoms with Crippen LogP contribution in [0.2, 0.25) is 0 Å². The largest absolute Gasteiger partial charge is 0.453 e. The second-order valence-electron chi connectivity index (χ2n) is 16.7. The molecule has 2 aliphatic heterocycles. The number of imidazole rings is 2. The molecule has 2 saturated heterocycles. The maximum Gasteiger partial charge on any atom is 0.407 e. The number of likely N-dealkylation sites (tertiary alicyclic amines) is 2. The summed E-state index contributed by atoms with van der Waals surface area (Å²) in [5.74, 6) is -9.64. The number of hydrogen-bond acceptors (Lipinski definition) is 9. The van der Waals surface area contributed by atoms with Gasteiger partial charge in [0.15, 0.2) is 0 Å². The van der Waals surface area contributed by atoms with E-state index in [4.69, 9.17) is 14.2 Å². The van der Waals surface area contributed by atoms with Crippen LogP contribution < -0.4 is 10.6 Å². The van der Waals surface area contributed by atoms with E-state index in [0.717, 1.165) is 12.1 Å². The summed E-state index contributed by atoms with van der Waals surface area (Å²) in [5.41, 5.74) is -1.02. The van der Waals surface area contributed by atoms with Crippen LogP contribution in [0.3, 0.4) is 0 Å². The molecular weight excluding hydrogens is 829 g/mol. The minimum atomic E-state index is -4.62. The molecule has 1 aliphatic carbocycles. The minimum absolute atomic E-state index is 0.0160. The van der Waals surface area contributed by atoms with Gasteiger partial charge >= 0.3 is 24.0 Å². The molecule has 4 N–H and O–H groups in total. The molecule has 2 aromatic carbocycles. The van der Waals surface area contributed by atoms with Crippen LogP contribution in [0.15, 0.2) is 48.8 Å². The average Bonchev–Trinajstić information content (AvgIpc) is 4.10. The predicted octanol–water partition coefficient (Wildman–Crippen LogP) is 7.44. The fraction of sp³-hybridized carbons (Fsp3) is 0.500. The lowest BCUT2D eigenvalue weighted by atomic mass is 9.79. The smallest absolute Gasteiger partial charge is 0.407 e. The Kier molecular flexibility index (Phi) is 12.9. The molecule has 7 rings (SSSR count). The number of alkyl halides is 4. The number of alkyl carbamates (subject to hydrolysis) is 2. The van der Waals surface area contributed by atoms with Crippen LogP contribution in [0.4, 0.5) is 27.2 Å². The number of halogens is 4. The molecule has 4 atom stereocenters. The highest BCUT2D eigenvalue weighted by Gasteiger charge is 2.63. The zero-order valence-corrected chi connectivity index (χ0v) is 35.9. The summed E-state index contributed by atoms with van der Waals surface area (Å²) >= 11 is 0. The van der Waals surface area contributed by atoms with Gasteiger partial charge < -0.3 is 44.6 Å². The number of aromatic nitrogens is 4.